The maximum Gasteiger partial charge on any atom is 0.221 e. The first kappa shape index (κ1) is 13.9. The SMILES string of the molecule is COc1cc(OC)c2ccnc(OCC3CCCN3)c2c1. The number of hydrogen-bond donors (Lipinski definition) is 1. The van der Waals surface area contributed by atoms with Crippen molar-refractivity contribution < 1.29 is 14.2 Å². The fraction of sp³-hybridized carbons (Fsp3) is 0.438. The number of rotatable bonds is 5. The number of methoxy groups -OCH3 is 2. The Morgan fingerprint density at radius 2 is 2.14 bits per heavy atom. The maximum atomic E-state index is 5.92. The van der Waals surface area contributed by atoms with E-state index in [1.54, 1.807) is 20.4 Å². The van der Waals surface area contributed by atoms with E-state index in [1.807, 2.05) is 18.2 Å². The van der Waals surface area contributed by atoms with Crippen LogP contribution in [0.25, 0.3) is 10.8 Å². The summed E-state index contributed by atoms with van der Waals surface area (Å²) in [4.78, 5) is 4.36. The summed E-state index contributed by atoms with van der Waals surface area (Å²) < 4.78 is 16.7. The predicted octanol–water partition coefficient (Wildman–Crippen LogP) is 2.38. The van der Waals surface area contributed by atoms with Gasteiger partial charge in [-0.15, -0.1) is 0 Å². The van der Waals surface area contributed by atoms with Crippen molar-refractivity contribution >= 4 is 10.8 Å². The van der Waals surface area contributed by atoms with Gasteiger partial charge in [-0.25, -0.2) is 4.98 Å². The Kier molecular flexibility index (Phi) is 4.10. The lowest BCUT2D eigenvalue weighted by Crippen LogP contribution is -2.28. The van der Waals surface area contributed by atoms with Crippen LogP contribution in [-0.4, -0.2) is 38.4 Å². The number of aromatic nitrogens is 1. The predicted molar refractivity (Wildman–Crippen MR) is 81.4 cm³/mol. The fourth-order valence-electron chi connectivity index (χ4n) is 2.68. The van der Waals surface area contributed by atoms with E-state index >= 15 is 0 Å². The van der Waals surface area contributed by atoms with Gasteiger partial charge in [-0.1, -0.05) is 0 Å². The lowest BCUT2D eigenvalue weighted by Gasteiger charge is -2.14. The van der Waals surface area contributed by atoms with E-state index in [4.69, 9.17) is 14.2 Å². The summed E-state index contributed by atoms with van der Waals surface area (Å²) in [5, 5.41) is 5.30. The van der Waals surface area contributed by atoms with Crippen LogP contribution >= 0.6 is 0 Å². The third kappa shape index (κ3) is 2.88. The minimum atomic E-state index is 0.412. The molecular weight excluding hydrogens is 268 g/mol. The molecule has 5 heteroatoms. The molecule has 5 nitrogen and oxygen atoms in total. The van der Waals surface area contributed by atoms with Gasteiger partial charge in [-0.05, 0) is 31.5 Å². The number of nitrogens with zero attached hydrogens (tertiary/aromatic N) is 1. The van der Waals surface area contributed by atoms with Gasteiger partial charge in [-0.3, -0.25) is 0 Å². The van der Waals surface area contributed by atoms with Crippen LogP contribution in [0.3, 0.4) is 0 Å². The highest BCUT2D eigenvalue weighted by Crippen LogP contribution is 2.35. The van der Waals surface area contributed by atoms with Crippen molar-refractivity contribution in [2.75, 3.05) is 27.4 Å². The topological polar surface area (TPSA) is 52.6 Å². The first-order valence-electron chi connectivity index (χ1n) is 7.18. The molecule has 0 amide bonds. The van der Waals surface area contributed by atoms with Gasteiger partial charge < -0.3 is 19.5 Å². The molecule has 0 spiro atoms. The summed E-state index contributed by atoms with van der Waals surface area (Å²) in [5.74, 6) is 2.12. The molecule has 2 aromatic rings. The lowest BCUT2D eigenvalue weighted by atomic mass is 10.1. The van der Waals surface area contributed by atoms with Gasteiger partial charge in [0.25, 0.3) is 0 Å². The molecular formula is C16H20N2O3. The van der Waals surface area contributed by atoms with Crippen molar-refractivity contribution in [1.82, 2.24) is 10.3 Å². The van der Waals surface area contributed by atoms with Gasteiger partial charge in [0.05, 0.1) is 19.6 Å². The highest BCUT2D eigenvalue weighted by atomic mass is 16.5. The van der Waals surface area contributed by atoms with Gasteiger partial charge in [0, 0.05) is 23.7 Å². The number of benzene rings is 1. The van der Waals surface area contributed by atoms with Gasteiger partial charge in [0.15, 0.2) is 0 Å². The summed E-state index contributed by atoms with van der Waals surface area (Å²) in [7, 11) is 3.29. The van der Waals surface area contributed by atoms with Crippen molar-refractivity contribution in [3.63, 3.8) is 0 Å². The Labute approximate surface area is 124 Å². The van der Waals surface area contributed by atoms with Crippen LogP contribution < -0.4 is 19.5 Å². The van der Waals surface area contributed by atoms with Crippen molar-refractivity contribution in [1.29, 1.82) is 0 Å². The molecule has 0 aliphatic carbocycles. The number of ether oxygens (including phenoxy) is 3. The molecule has 1 aliphatic rings. The highest BCUT2D eigenvalue weighted by Gasteiger charge is 2.16. The minimum Gasteiger partial charge on any atom is -0.497 e. The lowest BCUT2D eigenvalue weighted by molar-refractivity contribution is 0.271. The summed E-state index contributed by atoms with van der Waals surface area (Å²) in [6.07, 6.45) is 4.10. The van der Waals surface area contributed by atoms with E-state index in [0.717, 1.165) is 35.2 Å². The van der Waals surface area contributed by atoms with Crippen LogP contribution in [-0.2, 0) is 0 Å². The van der Waals surface area contributed by atoms with E-state index < -0.39 is 0 Å². The Morgan fingerprint density at radius 3 is 2.86 bits per heavy atom. The van der Waals surface area contributed by atoms with Crippen molar-refractivity contribution in [3.05, 3.63) is 24.4 Å². The highest BCUT2D eigenvalue weighted by molar-refractivity contribution is 5.93. The quantitative estimate of drug-likeness (QED) is 0.915. The van der Waals surface area contributed by atoms with Gasteiger partial charge >= 0.3 is 0 Å². The molecule has 1 unspecified atom stereocenters. The molecule has 21 heavy (non-hydrogen) atoms. The van der Waals surface area contributed by atoms with Crippen LogP contribution in [0.4, 0.5) is 0 Å². The van der Waals surface area contributed by atoms with Crippen LogP contribution in [0.1, 0.15) is 12.8 Å². The molecule has 1 aliphatic heterocycles. The Morgan fingerprint density at radius 1 is 1.24 bits per heavy atom. The number of nitrogens with one attached hydrogen (secondary N) is 1. The molecule has 3 rings (SSSR count). The molecule has 1 aromatic heterocycles. The molecule has 2 heterocycles. The van der Waals surface area contributed by atoms with E-state index in [9.17, 15) is 0 Å². The van der Waals surface area contributed by atoms with Crippen molar-refractivity contribution in [2.45, 2.75) is 18.9 Å². The molecule has 0 saturated carbocycles. The average Bonchev–Trinajstić information content (AvgIpc) is 3.05. The molecule has 1 saturated heterocycles. The standard InChI is InChI=1S/C16H20N2O3/c1-19-12-8-14-13(15(9-12)20-2)5-7-18-16(14)21-10-11-4-3-6-17-11/h5,7-9,11,17H,3-4,6,10H2,1-2H3. The van der Waals surface area contributed by atoms with Crippen molar-refractivity contribution in [3.8, 4) is 17.4 Å². The van der Waals surface area contributed by atoms with Crippen LogP contribution in [0.15, 0.2) is 24.4 Å². The van der Waals surface area contributed by atoms with E-state index in [0.29, 0.717) is 18.5 Å². The zero-order valence-corrected chi connectivity index (χ0v) is 12.4. The van der Waals surface area contributed by atoms with Crippen LogP contribution in [0, 0.1) is 0 Å². The molecule has 0 radical (unpaired) electrons. The van der Waals surface area contributed by atoms with Crippen molar-refractivity contribution in [2.24, 2.45) is 0 Å². The van der Waals surface area contributed by atoms with Gasteiger partial charge in [0.1, 0.15) is 18.1 Å². The number of pyridine rings is 1. The number of fused-ring (bicyclic) bond motifs is 1. The third-order valence-electron chi connectivity index (χ3n) is 3.82. The molecule has 1 aromatic carbocycles. The van der Waals surface area contributed by atoms with E-state index in [1.165, 1.54) is 6.42 Å². The normalized spacial score (nSPS) is 17.9. The van der Waals surface area contributed by atoms with E-state index in [2.05, 4.69) is 10.3 Å². The third-order valence-corrected chi connectivity index (χ3v) is 3.82. The summed E-state index contributed by atoms with van der Waals surface area (Å²) >= 11 is 0. The monoisotopic (exact) mass is 288 g/mol. The number of hydrogen-bond acceptors (Lipinski definition) is 5. The zero-order valence-electron chi connectivity index (χ0n) is 12.4. The Balaban J connectivity index is 1.93. The van der Waals surface area contributed by atoms with E-state index in [-0.39, 0.29) is 0 Å². The molecule has 1 atom stereocenters. The first-order chi connectivity index (χ1) is 10.3. The smallest absolute Gasteiger partial charge is 0.221 e. The molecule has 0 bridgehead atoms. The summed E-state index contributed by atoms with van der Waals surface area (Å²) in [5.41, 5.74) is 0. The summed E-state index contributed by atoms with van der Waals surface area (Å²) in [6.45, 7) is 1.70. The molecule has 1 N–H and O–H groups in total. The second kappa shape index (κ2) is 6.18. The second-order valence-corrected chi connectivity index (χ2v) is 5.15. The molecule has 112 valence electrons. The zero-order chi connectivity index (χ0) is 14.7. The van der Waals surface area contributed by atoms with Crippen LogP contribution in [0.2, 0.25) is 0 Å². The first-order valence-corrected chi connectivity index (χ1v) is 7.18. The Hall–Kier alpha value is -2.01. The average molecular weight is 288 g/mol. The second-order valence-electron chi connectivity index (χ2n) is 5.15. The largest absolute Gasteiger partial charge is 0.497 e. The van der Waals surface area contributed by atoms with Gasteiger partial charge in [0.2, 0.25) is 5.88 Å². The Bertz CT molecular complexity index is 624. The minimum absolute atomic E-state index is 0.412. The maximum absolute atomic E-state index is 5.92. The van der Waals surface area contributed by atoms with Crippen LogP contribution in [0.5, 0.6) is 17.4 Å². The summed E-state index contributed by atoms with van der Waals surface area (Å²) in [6, 6.07) is 6.14. The van der Waals surface area contributed by atoms with Gasteiger partial charge in [-0.2, -0.15) is 0 Å². The fourth-order valence-corrected chi connectivity index (χ4v) is 2.68. The molecule has 1 fully saturated rings.